The molecule has 2 unspecified atom stereocenters. The third-order valence-electron chi connectivity index (χ3n) is 12.3. The highest BCUT2D eigenvalue weighted by Gasteiger charge is 2.25. The lowest BCUT2D eigenvalue weighted by atomic mass is 10.0. The van der Waals surface area contributed by atoms with Crippen LogP contribution in [0.1, 0.15) is 290 Å². The Hall–Kier alpha value is -0.500. The number of phosphoric ester groups is 1. The maximum absolute atomic E-state index is 12.7. The maximum Gasteiger partial charge on any atom is 0.472 e. The number of ether oxygens (including phenoxy) is 2. The maximum atomic E-state index is 12.7. The summed E-state index contributed by atoms with van der Waals surface area (Å²) in [4.78, 5) is 22.6. The van der Waals surface area contributed by atoms with Crippen molar-refractivity contribution < 1.29 is 32.8 Å². The van der Waals surface area contributed by atoms with Crippen LogP contribution in [0, 0.1) is 0 Å². The summed E-state index contributed by atoms with van der Waals surface area (Å²) >= 11 is 0. The van der Waals surface area contributed by atoms with Gasteiger partial charge in [-0.05, 0) is 12.8 Å². The normalized spacial score (nSPS) is 13.2. The molecule has 0 aliphatic carbocycles. The number of esters is 1. The van der Waals surface area contributed by atoms with Crippen LogP contribution < -0.4 is 5.73 Å². The molecular formula is C52H106NO7P. The predicted octanol–water partition coefficient (Wildman–Crippen LogP) is 16.8. The second kappa shape index (κ2) is 50.5. The van der Waals surface area contributed by atoms with Crippen LogP contribution in [-0.4, -0.2) is 49.9 Å². The van der Waals surface area contributed by atoms with Gasteiger partial charge < -0.3 is 20.1 Å². The zero-order valence-corrected chi connectivity index (χ0v) is 41.8. The Bertz CT molecular complexity index is 909. The first-order valence-corrected chi connectivity index (χ1v) is 28.5. The molecule has 0 radical (unpaired) electrons. The van der Waals surface area contributed by atoms with Crippen molar-refractivity contribution in [2.45, 2.75) is 296 Å². The third kappa shape index (κ3) is 50.4. The molecule has 0 aromatic heterocycles. The number of carbonyl (C=O) groups is 1. The first kappa shape index (κ1) is 60.5. The van der Waals surface area contributed by atoms with E-state index in [1.54, 1.807) is 0 Å². The summed E-state index contributed by atoms with van der Waals surface area (Å²) in [6.45, 7) is 5.01. The standard InChI is InChI=1S/C52H106NO7P/c1-3-5-7-9-11-13-15-17-19-21-22-23-24-25-26-27-28-30-32-34-36-38-40-42-44-47-57-49-51(50-59-61(55,56)58-48-46-53)60-52(54)45-43-41-39-37-35-33-31-29-20-18-16-14-12-10-8-6-4-2/h51H,3-50,53H2,1-2H3,(H,55,56). The number of phosphoric acid groups is 1. The van der Waals surface area contributed by atoms with E-state index in [4.69, 9.17) is 24.3 Å². The van der Waals surface area contributed by atoms with Gasteiger partial charge in [0.05, 0.1) is 19.8 Å². The van der Waals surface area contributed by atoms with Crippen molar-refractivity contribution in [1.82, 2.24) is 0 Å². The van der Waals surface area contributed by atoms with E-state index in [-0.39, 0.29) is 32.3 Å². The van der Waals surface area contributed by atoms with Gasteiger partial charge in [-0.3, -0.25) is 13.8 Å². The van der Waals surface area contributed by atoms with Gasteiger partial charge in [-0.1, -0.05) is 271 Å². The summed E-state index contributed by atoms with van der Waals surface area (Å²) in [7, 11) is -4.27. The minimum atomic E-state index is -4.27. The average molecular weight is 888 g/mol. The third-order valence-corrected chi connectivity index (χ3v) is 13.3. The van der Waals surface area contributed by atoms with Crippen molar-refractivity contribution in [2.24, 2.45) is 5.73 Å². The quantitative estimate of drug-likeness (QED) is 0.0352. The van der Waals surface area contributed by atoms with Crippen LogP contribution >= 0.6 is 7.82 Å². The van der Waals surface area contributed by atoms with E-state index in [1.165, 1.54) is 238 Å². The predicted molar refractivity (Wildman–Crippen MR) is 261 cm³/mol. The summed E-state index contributed by atoms with van der Waals surface area (Å²) in [6, 6.07) is 0. The molecule has 0 rings (SSSR count). The van der Waals surface area contributed by atoms with E-state index in [1.807, 2.05) is 0 Å². The molecule has 0 aromatic rings. The van der Waals surface area contributed by atoms with Crippen molar-refractivity contribution in [2.75, 3.05) is 33.0 Å². The molecule has 0 saturated carbocycles. The molecule has 366 valence electrons. The number of unbranched alkanes of at least 4 members (excludes halogenated alkanes) is 40. The molecule has 0 aliphatic rings. The van der Waals surface area contributed by atoms with Crippen LogP contribution in [0.2, 0.25) is 0 Å². The van der Waals surface area contributed by atoms with Crippen molar-refractivity contribution >= 4 is 13.8 Å². The molecule has 0 aliphatic heterocycles. The summed E-state index contributed by atoms with van der Waals surface area (Å²) in [5, 5.41) is 0. The monoisotopic (exact) mass is 888 g/mol. The lowest BCUT2D eigenvalue weighted by Gasteiger charge is -2.20. The van der Waals surface area contributed by atoms with Crippen molar-refractivity contribution in [3.8, 4) is 0 Å². The number of carbonyl (C=O) groups excluding carboxylic acids is 1. The van der Waals surface area contributed by atoms with E-state index in [2.05, 4.69) is 13.8 Å². The lowest BCUT2D eigenvalue weighted by Crippen LogP contribution is -2.28. The number of rotatable bonds is 53. The largest absolute Gasteiger partial charge is 0.472 e. The second-order valence-electron chi connectivity index (χ2n) is 18.5. The van der Waals surface area contributed by atoms with Crippen LogP contribution in [0.5, 0.6) is 0 Å². The van der Waals surface area contributed by atoms with Gasteiger partial charge in [0.1, 0.15) is 6.10 Å². The highest BCUT2D eigenvalue weighted by atomic mass is 31.2. The zero-order valence-electron chi connectivity index (χ0n) is 40.9. The molecule has 2 atom stereocenters. The van der Waals surface area contributed by atoms with E-state index in [0.29, 0.717) is 13.0 Å². The van der Waals surface area contributed by atoms with Crippen molar-refractivity contribution in [1.29, 1.82) is 0 Å². The van der Waals surface area contributed by atoms with Crippen LogP contribution in [-0.2, 0) is 27.9 Å². The van der Waals surface area contributed by atoms with Gasteiger partial charge >= 0.3 is 13.8 Å². The SMILES string of the molecule is CCCCCCCCCCCCCCCCCCCCCCCCCCCOCC(COP(=O)(O)OCCN)OC(=O)CCCCCCCCCCCCCCCCCCC. The Morgan fingerprint density at radius 1 is 0.426 bits per heavy atom. The van der Waals surface area contributed by atoms with Gasteiger partial charge in [0.15, 0.2) is 0 Å². The fraction of sp³-hybridized carbons (Fsp3) is 0.981. The molecule has 0 amide bonds. The zero-order chi connectivity index (χ0) is 44.4. The van der Waals surface area contributed by atoms with Gasteiger partial charge in [-0.15, -0.1) is 0 Å². The topological polar surface area (TPSA) is 117 Å². The smallest absolute Gasteiger partial charge is 0.457 e. The molecule has 3 N–H and O–H groups in total. The van der Waals surface area contributed by atoms with Crippen molar-refractivity contribution in [3.05, 3.63) is 0 Å². The molecule has 8 nitrogen and oxygen atoms in total. The first-order chi connectivity index (χ1) is 29.9. The highest BCUT2D eigenvalue weighted by Crippen LogP contribution is 2.43. The summed E-state index contributed by atoms with van der Waals surface area (Å²) < 4.78 is 33.6. The molecule has 0 fully saturated rings. The lowest BCUT2D eigenvalue weighted by molar-refractivity contribution is -0.154. The van der Waals surface area contributed by atoms with Crippen LogP contribution in [0.3, 0.4) is 0 Å². The van der Waals surface area contributed by atoms with Crippen molar-refractivity contribution in [3.63, 3.8) is 0 Å². The fourth-order valence-corrected chi connectivity index (χ4v) is 9.06. The van der Waals surface area contributed by atoms with Gasteiger partial charge in [0.25, 0.3) is 0 Å². The molecule has 0 saturated heterocycles. The molecule has 61 heavy (non-hydrogen) atoms. The van der Waals surface area contributed by atoms with Crippen LogP contribution in [0.25, 0.3) is 0 Å². The summed E-state index contributed by atoms with van der Waals surface area (Å²) in [5.74, 6) is -0.321. The Balaban J connectivity index is 3.82. The molecule has 0 bridgehead atoms. The van der Waals surface area contributed by atoms with E-state index >= 15 is 0 Å². The Morgan fingerprint density at radius 3 is 1.03 bits per heavy atom. The summed E-state index contributed by atoms with van der Waals surface area (Å²) in [5.41, 5.74) is 5.39. The van der Waals surface area contributed by atoms with Crippen LogP contribution in [0.4, 0.5) is 0 Å². The number of hydrogen-bond donors (Lipinski definition) is 2. The first-order valence-electron chi connectivity index (χ1n) is 27.0. The van der Waals surface area contributed by atoms with Gasteiger partial charge in [-0.25, -0.2) is 4.57 Å². The van der Waals surface area contributed by atoms with Gasteiger partial charge in [-0.2, -0.15) is 0 Å². The Kier molecular flexibility index (Phi) is 50.1. The van der Waals surface area contributed by atoms with E-state index < -0.39 is 13.9 Å². The van der Waals surface area contributed by atoms with E-state index in [0.717, 1.165) is 32.1 Å². The molecule has 0 heterocycles. The van der Waals surface area contributed by atoms with Crippen LogP contribution in [0.15, 0.2) is 0 Å². The molecular weight excluding hydrogens is 782 g/mol. The summed E-state index contributed by atoms with van der Waals surface area (Å²) in [6.07, 6.45) is 55.8. The minimum Gasteiger partial charge on any atom is -0.457 e. The van der Waals surface area contributed by atoms with Gasteiger partial charge in [0.2, 0.25) is 0 Å². The Labute approximate surface area is 380 Å². The Morgan fingerprint density at radius 2 is 0.721 bits per heavy atom. The van der Waals surface area contributed by atoms with E-state index in [9.17, 15) is 14.3 Å². The second-order valence-corrected chi connectivity index (χ2v) is 19.9. The minimum absolute atomic E-state index is 0.0897. The fourth-order valence-electron chi connectivity index (χ4n) is 8.30. The average Bonchev–Trinajstić information content (AvgIpc) is 3.25. The molecule has 9 heteroatoms. The van der Waals surface area contributed by atoms with Gasteiger partial charge in [0, 0.05) is 19.6 Å². The molecule has 0 aromatic carbocycles. The highest BCUT2D eigenvalue weighted by molar-refractivity contribution is 7.47. The number of nitrogens with two attached hydrogens (primary N) is 1. The number of hydrogen-bond acceptors (Lipinski definition) is 7. The molecule has 0 spiro atoms.